The zero-order valence-electron chi connectivity index (χ0n) is 9.52. The van der Waals surface area contributed by atoms with Crippen LogP contribution in [-0.4, -0.2) is 22.0 Å². The Kier molecular flexibility index (Phi) is 4.06. The summed E-state index contributed by atoms with van der Waals surface area (Å²) >= 11 is 7.05. The number of benzene rings is 1. The molecule has 0 heterocycles. The van der Waals surface area contributed by atoms with Crippen molar-refractivity contribution in [2.75, 3.05) is 0 Å². The van der Waals surface area contributed by atoms with Gasteiger partial charge >= 0.3 is 0 Å². The van der Waals surface area contributed by atoms with Gasteiger partial charge in [-0.25, -0.2) is 0 Å². The predicted octanol–water partition coefficient (Wildman–Crippen LogP) is 1.79. The van der Waals surface area contributed by atoms with Gasteiger partial charge in [-0.15, -0.1) is 0 Å². The van der Waals surface area contributed by atoms with Crippen LogP contribution >= 0.6 is 34.8 Å². The van der Waals surface area contributed by atoms with E-state index in [4.69, 9.17) is 18.0 Å². The average molecular weight is 376 g/mol. The van der Waals surface area contributed by atoms with Crippen molar-refractivity contribution >= 4 is 45.7 Å². The van der Waals surface area contributed by atoms with Gasteiger partial charge in [0.1, 0.15) is 5.75 Å². The lowest BCUT2D eigenvalue weighted by Crippen LogP contribution is -2.45. The average Bonchev–Trinajstić information content (AvgIpc) is 3.12. The molecule has 1 fully saturated rings. The standard InChI is InChI=1S/C12H13IN2O2S/c13-7-3-4-9(16)8(5-7)12(17)15-10(11(14)18)6-1-2-6/h3-6,10,16H,1-2H2,(H2,14,18)(H,15,17). The summed E-state index contributed by atoms with van der Waals surface area (Å²) in [6, 6.07) is 4.60. The highest BCUT2D eigenvalue weighted by atomic mass is 127. The number of hydrogen-bond donors (Lipinski definition) is 3. The Morgan fingerprint density at radius 2 is 2.22 bits per heavy atom. The van der Waals surface area contributed by atoms with Crippen LogP contribution in [0, 0.1) is 9.49 Å². The van der Waals surface area contributed by atoms with Gasteiger partial charge in [0.25, 0.3) is 5.91 Å². The van der Waals surface area contributed by atoms with Gasteiger partial charge in [0.15, 0.2) is 0 Å². The van der Waals surface area contributed by atoms with E-state index >= 15 is 0 Å². The van der Waals surface area contributed by atoms with Crippen LogP contribution in [0.2, 0.25) is 0 Å². The molecule has 4 N–H and O–H groups in total. The molecule has 0 aromatic heterocycles. The maximum absolute atomic E-state index is 12.1. The fourth-order valence-corrected chi connectivity index (χ4v) is 2.50. The van der Waals surface area contributed by atoms with Gasteiger partial charge in [-0.3, -0.25) is 4.79 Å². The lowest BCUT2D eigenvalue weighted by Gasteiger charge is -2.17. The fourth-order valence-electron chi connectivity index (χ4n) is 1.76. The molecule has 0 radical (unpaired) electrons. The van der Waals surface area contributed by atoms with E-state index in [9.17, 15) is 9.90 Å². The molecule has 1 aromatic carbocycles. The minimum atomic E-state index is -0.337. The first-order valence-electron chi connectivity index (χ1n) is 5.57. The van der Waals surface area contributed by atoms with Crippen molar-refractivity contribution in [1.29, 1.82) is 0 Å². The molecule has 18 heavy (non-hydrogen) atoms. The van der Waals surface area contributed by atoms with Crippen LogP contribution in [0.15, 0.2) is 18.2 Å². The fraction of sp³-hybridized carbons (Fsp3) is 0.333. The molecule has 4 nitrogen and oxygen atoms in total. The molecule has 1 unspecified atom stereocenters. The zero-order chi connectivity index (χ0) is 13.3. The summed E-state index contributed by atoms with van der Waals surface area (Å²) < 4.78 is 0.883. The van der Waals surface area contributed by atoms with Gasteiger partial charge in [-0.1, -0.05) is 12.2 Å². The van der Waals surface area contributed by atoms with Crippen LogP contribution in [0.3, 0.4) is 0 Å². The molecule has 2 rings (SSSR count). The van der Waals surface area contributed by atoms with Gasteiger partial charge < -0.3 is 16.2 Å². The number of nitrogens with two attached hydrogens (primary N) is 1. The Morgan fingerprint density at radius 1 is 1.56 bits per heavy atom. The molecule has 0 bridgehead atoms. The van der Waals surface area contributed by atoms with Crippen molar-refractivity contribution in [2.24, 2.45) is 11.7 Å². The third-order valence-corrected chi connectivity index (χ3v) is 3.81. The van der Waals surface area contributed by atoms with Crippen molar-refractivity contribution in [3.05, 3.63) is 27.3 Å². The molecule has 1 aliphatic carbocycles. The number of nitrogens with one attached hydrogen (secondary N) is 1. The number of thiocarbonyl (C=S) groups is 1. The number of aromatic hydroxyl groups is 1. The molecule has 1 amide bonds. The first-order valence-corrected chi connectivity index (χ1v) is 7.06. The molecule has 0 saturated heterocycles. The van der Waals surface area contributed by atoms with E-state index in [1.165, 1.54) is 6.07 Å². The van der Waals surface area contributed by atoms with Crippen molar-refractivity contribution in [3.63, 3.8) is 0 Å². The quantitative estimate of drug-likeness (QED) is 0.553. The molecule has 0 aliphatic heterocycles. The maximum Gasteiger partial charge on any atom is 0.255 e. The topological polar surface area (TPSA) is 75.3 Å². The maximum atomic E-state index is 12.1. The largest absolute Gasteiger partial charge is 0.507 e. The van der Waals surface area contributed by atoms with E-state index in [0.717, 1.165) is 16.4 Å². The summed E-state index contributed by atoms with van der Waals surface area (Å²) in [7, 11) is 0. The van der Waals surface area contributed by atoms with Crippen LogP contribution in [0.4, 0.5) is 0 Å². The summed E-state index contributed by atoms with van der Waals surface area (Å²) in [5.74, 6) is -0.0301. The number of amides is 1. The number of rotatable bonds is 4. The van der Waals surface area contributed by atoms with Crippen LogP contribution < -0.4 is 11.1 Å². The first-order chi connectivity index (χ1) is 8.49. The summed E-state index contributed by atoms with van der Waals surface area (Å²) in [5.41, 5.74) is 5.88. The lowest BCUT2D eigenvalue weighted by molar-refractivity contribution is 0.0941. The van der Waals surface area contributed by atoms with Gasteiger partial charge in [-0.2, -0.15) is 0 Å². The van der Waals surface area contributed by atoms with Crippen LogP contribution in [0.1, 0.15) is 23.2 Å². The number of hydrogen-bond acceptors (Lipinski definition) is 3. The number of phenols is 1. The molecular formula is C12H13IN2O2S. The second kappa shape index (κ2) is 5.40. The Morgan fingerprint density at radius 3 is 2.78 bits per heavy atom. The van der Waals surface area contributed by atoms with Gasteiger partial charge in [-0.05, 0) is 59.5 Å². The number of carbonyl (C=O) groups excluding carboxylic acids is 1. The van der Waals surface area contributed by atoms with Crippen molar-refractivity contribution in [1.82, 2.24) is 5.32 Å². The van der Waals surface area contributed by atoms with Crippen LogP contribution in [0.25, 0.3) is 0 Å². The van der Waals surface area contributed by atoms with E-state index in [1.807, 2.05) is 0 Å². The molecule has 1 saturated carbocycles. The van der Waals surface area contributed by atoms with E-state index in [2.05, 4.69) is 27.9 Å². The molecule has 96 valence electrons. The van der Waals surface area contributed by atoms with Crippen molar-refractivity contribution < 1.29 is 9.90 Å². The molecule has 1 aromatic rings. The Balaban J connectivity index is 2.15. The summed E-state index contributed by atoms with van der Waals surface area (Å²) in [5, 5.41) is 12.5. The third kappa shape index (κ3) is 3.11. The highest BCUT2D eigenvalue weighted by molar-refractivity contribution is 14.1. The zero-order valence-corrected chi connectivity index (χ0v) is 12.5. The molecule has 1 aliphatic rings. The summed E-state index contributed by atoms with van der Waals surface area (Å²) in [4.78, 5) is 12.4. The smallest absolute Gasteiger partial charge is 0.255 e. The number of halogens is 1. The predicted molar refractivity (Wildman–Crippen MR) is 81.6 cm³/mol. The highest BCUT2D eigenvalue weighted by Crippen LogP contribution is 2.33. The summed E-state index contributed by atoms with van der Waals surface area (Å²) in [6.45, 7) is 0. The van der Waals surface area contributed by atoms with E-state index in [1.54, 1.807) is 12.1 Å². The van der Waals surface area contributed by atoms with Crippen molar-refractivity contribution in [2.45, 2.75) is 18.9 Å². The Labute approximate surface area is 124 Å². The second-order valence-corrected chi connectivity index (χ2v) is 6.07. The normalized spacial score (nSPS) is 16.1. The highest BCUT2D eigenvalue weighted by Gasteiger charge is 2.34. The van der Waals surface area contributed by atoms with Gasteiger partial charge in [0.05, 0.1) is 16.6 Å². The molecule has 6 heteroatoms. The van der Waals surface area contributed by atoms with Crippen LogP contribution in [-0.2, 0) is 0 Å². The van der Waals surface area contributed by atoms with E-state index in [-0.39, 0.29) is 23.3 Å². The molecule has 1 atom stereocenters. The monoisotopic (exact) mass is 376 g/mol. The number of carbonyl (C=O) groups is 1. The van der Waals surface area contributed by atoms with E-state index in [0.29, 0.717) is 10.9 Å². The first kappa shape index (κ1) is 13.5. The molecule has 0 spiro atoms. The van der Waals surface area contributed by atoms with E-state index < -0.39 is 0 Å². The minimum Gasteiger partial charge on any atom is -0.507 e. The Bertz CT molecular complexity index is 503. The SMILES string of the molecule is NC(=S)C(NC(=O)c1cc(I)ccc1O)C1CC1. The lowest BCUT2D eigenvalue weighted by atomic mass is 10.1. The summed E-state index contributed by atoms with van der Waals surface area (Å²) in [6.07, 6.45) is 2.06. The Hall–Kier alpha value is -0.890. The third-order valence-electron chi connectivity index (χ3n) is 2.89. The number of phenolic OH excluding ortho intramolecular Hbond substituents is 1. The van der Waals surface area contributed by atoms with Gasteiger partial charge in [0.2, 0.25) is 0 Å². The minimum absolute atomic E-state index is 0.0367. The van der Waals surface area contributed by atoms with Crippen molar-refractivity contribution in [3.8, 4) is 5.75 Å². The van der Waals surface area contributed by atoms with Crippen LogP contribution in [0.5, 0.6) is 5.75 Å². The second-order valence-electron chi connectivity index (χ2n) is 4.35. The van der Waals surface area contributed by atoms with Gasteiger partial charge in [0, 0.05) is 3.57 Å². The molecular weight excluding hydrogens is 363 g/mol.